The van der Waals surface area contributed by atoms with Crippen LogP contribution in [0.3, 0.4) is 0 Å². The van der Waals surface area contributed by atoms with Crippen LogP contribution in [0.2, 0.25) is 0 Å². The lowest BCUT2D eigenvalue weighted by atomic mass is 10.0. The van der Waals surface area contributed by atoms with E-state index in [0.29, 0.717) is 0 Å². The Morgan fingerprint density at radius 1 is 1.29 bits per heavy atom. The van der Waals surface area contributed by atoms with Gasteiger partial charge < -0.3 is 9.84 Å². The number of aliphatic hydroxyl groups excluding tert-OH is 1. The fourth-order valence-electron chi connectivity index (χ4n) is 1.70. The van der Waals surface area contributed by atoms with E-state index in [1.54, 1.807) is 0 Å². The predicted molar refractivity (Wildman–Crippen MR) is 71.3 cm³/mol. The largest absolute Gasteiger partial charge is 0.488 e. The van der Waals surface area contributed by atoms with Crippen LogP contribution in [0.25, 0.3) is 0 Å². The summed E-state index contributed by atoms with van der Waals surface area (Å²) >= 11 is 0. The van der Waals surface area contributed by atoms with Crippen molar-refractivity contribution in [2.45, 2.75) is 58.7 Å². The molecule has 2 heteroatoms. The van der Waals surface area contributed by atoms with Gasteiger partial charge in [0.1, 0.15) is 11.4 Å². The van der Waals surface area contributed by atoms with Crippen molar-refractivity contribution in [2.24, 2.45) is 0 Å². The molecule has 1 rings (SSSR count). The molecule has 0 amide bonds. The summed E-state index contributed by atoms with van der Waals surface area (Å²) in [6, 6.07) is 7.76. The van der Waals surface area contributed by atoms with Crippen molar-refractivity contribution in [3.63, 3.8) is 0 Å². The lowest BCUT2D eigenvalue weighted by Crippen LogP contribution is -2.23. The van der Waals surface area contributed by atoms with Crippen molar-refractivity contribution >= 4 is 0 Å². The average molecular weight is 236 g/mol. The fraction of sp³-hybridized carbons (Fsp3) is 0.600. The van der Waals surface area contributed by atoms with E-state index in [4.69, 9.17) is 4.74 Å². The Morgan fingerprint density at radius 2 is 2.00 bits per heavy atom. The normalized spacial score (nSPS) is 13.5. The summed E-state index contributed by atoms with van der Waals surface area (Å²) in [7, 11) is 0. The molecule has 0 saturated carbocycles. The number of hydrogen-bond acceptors (Lipinski definition) is 2. The van der Waals surface area contributed by atoms with Gasteiger partial charge in [-0.1, -0.05) is 31.9 Å². The lowest BCUT2D eigenvalue weighted by molar-refractivity contribution is 0.129. The third-order valence-electron chi connectivity index (χ3n) is 2.50. The van der Waals surface area contributed by atoms with Crippen molar-refractivity contribution in [2.75, 3.05) is 0 Å². The van der Waals surface area contributed by atoms with Gasteiger partial charge in [-0.05, 0) is 44.9 Å². The van der Waals surface area contributed by atoms with E-state index in [2.05, 4.69) is 6.92 Å². The molecule has 0 fully saturated rings. The molecule has 1 aromatic carbocycles. The summed E-state index contributed by atoms with van der Waals surface area (Å²) in [6.45, 7) is 8.19. The molecule has 2 nitrogen and oxygen atoms in total. The smallest absolute Gasteiger partial charge is 0.120 e. The Hall–Kier alpha value is -1.02. The molecule has 0 spiro atoms. The number of rotatable bonds is 5. The van der Waals surface area contributed by atoms with E-state index in [0.717, 1.165) is 30.6 Å². The highest BCUT2D eigenvalue weighted by Gasteiger charge is 2.13. The van der Waals surface area contributed by atoms with Crippen LogP contribution in [0, 0.1) is 0 Å². The van der Waals surface area contributed by atoms with Crippen LogP contribution < -0.4 is 4.74 Å². The summed E-state index contributed by atoms with van der Waals surface area (Å²) < 4.78 is 5.79. The molecule has 1 atom stereocenters. The number of unbranched alkanes of at least 4 members (excludes halogenated alkanes) is 1. The van der Waals surface area contributed by atoms with Gasteiger partial charge in [-0.15, -0.1) is 0 Å². The molecule has 0 aliphatic carbocycles. The molecule has 1 N–H and O–H groups in total. The second-order valence-electron chi connectivity index (χ2n) is 5.44. The average Bonchev–Trinajstić information content (AvgIpc) is 2.24. The maximum absolute atomic E-state index is 10.0. The minimum atomic E-state index is -0.376. The molecule has 0 aliphatic heterocycles. The molecular formula is C15H24O2. The zero-order valence-corrected chi connectivity index (χ0v) is 11.4. The molecule has 1 aromatic rings. The van der Waals surface area contributed by atoms with Gasteiger partial charge >= 0.3 is 0 Å². The molecular weight excluding hydrogens is 212 g/mol. The molecule has 1 unspecified atom stereocenters. The Labute approximate surface area is 105 Å². The first-order valence-electron chi connectivity index (χ1n) is 6.39. The minimum absolute atomic E-state index is 0.201. The Balaban J connectivity index is 2.71. The molecule has 0 aliphatic rings. The minimum Gasteiger partial charge on any atom is -0.488 e. The van der Waals surface area contributed by atoms with Gasteiger partial charge in [0.2, 0.25) is 0 Å². The van der Waals surface area contributed by atoms with Crippen LogP contribution in [0.15, 0.2) is 24.3 Å². The van der Waals surface area contributed by atoms with E-state index >= 15 is 0 Å². The zero-order valence-electron chi connectivity index (χ0n) is 11.4. The number of aliphatic hydroxyl groups is 1. The third-order valence-corrected chi connectivity index (χ3v) is 2.50. The summed E-state index contributed by atoms with van der Waals surface area (Å²) in [4.78, 5) is 0. The van der Waals surface area contributed by atoms with Crippen molar-refractivity contribution in [3.8, 4) is 5.75 Å². The molecule has 0 bridgehead atoms. The highest BCUT2D eigenvalue weighted by Crippen LogP contribution is 2.25. The predicted octanol–water partition coefficient (Wildman–Crippen LogP) is 4.09. The third kappa shape index (κ3) is 5.22. The van der Waals surface area contributed by atoms with E-state index in [1.807, 2.05) is 45.0 Å². The van der Waals surface area contributed by atoms with Gasteiger partial charge in [-0.25, -0.2) is 0 Å². The Bertz CT molecular complexity index is 339. The highest BCUT2D eigenvalue weighted by molar-refractivity contribution is 5.30. The van der Waals surface area contributed by atoms with Crippen LogP contribution in [0.5, 0.6) is 5.75 Å². The van der Waals surface area contributed by atoms with Gasteiger partial charge in [-0.3, -0.25) is 0 Å². The van der Waals surface area contributed by atoms with Crippen LogP contribution in [-0.2, 0) is 0 Å². The zero-order chi connectivity index (χ0) is 12.9. The topological polar surface area (TPSA) is 29.5 Å². The summed E-state index contributed by atoms with van der Waals surface area (Å²) in [5.41, 5.74) is 0.743. The van der Waals surface area contributed by atoms with Crippen molar-refractivity contribution < 1.29 is 9.84 Å². The van der Waals surface area contributed by atoms with Crippen molar-refractivity contribution in [1.29, 1.82) is 0 Å². The SMILES string of the molecule is CCCCC(O)c1cccc(OC(C)(C)C)c1. The van der Waals surface area contributed by atoms with Crippen molar-refractivity contribution in [3.05, 3.63) is 29.8 Å². The first-order valence-corrected chi connectivity index (χ1v) is 6.39. The second-order valence-corrected chi connectivity index (χ2v) is 5.44. The maximum atomic E-state index is 10.0. The van der Waals surface area contributed by atoms with Gasteiger partial charge in [0, 0.05) is 0 Å². The maximum Gasteiger partial charge on any atom is 0.120 e. The number of hydrogen-bond donors (Lipinski definition) is 1. The van der Waals surface area contributed by atoms with Crippen LogP contribution in [-0.4, -0.2) is 10.7 Å². The van der Waals surface area contributed by atoms with E-state index in [-0.39, 0.29) is 11.7 Å². The standard InChI is InChI=1S/C15H24O2/c1-5-6-10-14(16)12-8-7-9-13(11-12)17-15(2,3)4/h7-9,11,14,16H,5-6,10H2,1-4H3. The number of ether oxygens (including phenoxy) is 1. The first-order chi connectivity index (χ1) is 7.92. The fourth-order valence-corrected chi connectivity index (χ4v) is 1.70. The van der Waals surface area contributed by atoms with Crippen LogP contribution in [0.4, 0.5) is 0 Å². The van der Waals surface area contributed by atoms with Crippen molar-refractivity contribution in [1.82, 2.24) is 0 Å². The summed E-state index contributed by atoms with van der Waals surface area (Å²) in [5, 5.41) is 10.0. The second kappa shape index (κ2) is 6.06. The van der Waals surface area contributed by atoms with E-state index in [1.165, 1.54) is 0 Å². The highest BCUT2D eigenvalue weighted by atomic mass is 16.5. The molecule has 0 radical (unpaired) electrons. The van der Waals surface area contributed by atoms with Gasteiger partial charge in [-0.2, -0.15) is 0 Å². The van der Waals surface area contributed by atoms with E-state index < -0.39 is 0 Å². The van der Waals surface area contributed by atoms with E-state index in [9.17, 15) is 5.11 Å². The Morgan fingerprint density at radius 3 is 2.59 bits per heavy atom. The molecule has 96 valence electrons. The quantitative estimate of drug-likeness (QED) is 0.834. The number of benzene rings is 1. The van der Waals surface area contributed by atoms with Gasteiger partial charge in [0.25, 0.3) is 0 Å². The van der Waals surface area contributed by atoms with Crippen LogP contribution >= 0.6 is 0 Å². The van der Waals surface area contributed by atoms with Gasteiger partial charge in [0.05, 0.1) is 6.10 Å². The molecule has 17 heavy (non-hydrogen) atoms. The first kappa shape index (κ1) is 14.0. The monoisotopic (exact) mass is 236 g/mol. The lowest BCUT2D eigenvalue weighted by Gasteiger charge is -2.22. The molecule has 0 aromatic heterocycles. The summed E-state index contributed by atoms with van der Waals surface area (Å²) in [5.74, 6) is 0.825. The van der Waals surface area contributed by atoms with Crippen LogP contribution in [0.1, 0.15) is 58.6 Å². The molecule has 0 saturated heterocycles. The van der Waals surface area contributed by atoms with Gasteiger partial charge in [0.15, 0.2) is 0 Å². The molecule has 0 heterocycles. The summed E-state index contributed by atoms with van der Waals surface area (Å²) in [6.07, 6.45) is 2.59. The Kier molecular flexibility index (Phi) is 5.01.